The van der Waals surface area contributed by atoms with Gasteiger partial charge in [-0.2, -0.15) is 0 Å². The van der Waals surface area contributed by atoms with Crippen LogP contribution in [0.1, 0.15) is 25.3 Å². The zero-order valence-corrected chi connectivity index (χ0v) is 13.9. The van der Waals surface area contributed by atoms with Crippen LogP contribution in [-0.2, 0) is 15.9 Å². The second-order valence-corrected chi connectivity index (χ2v) is 6.24. The Balaban J connectivity index is 2.14. The van der Waals surface area contributed by atoms with Crippen molar-refractivity contribution in [3.8, 4) is 0 Å². The van der Waals surface area contributed by atoms with E-state index in [0.29, 0.717) is 6.04 Å². The summed E-state index contributed by atoms with van der Waals surface area (Å²) in [5, 5.41) is 3.61. The monoisotopic (exact) mass is 341 g/mol. The van der Waals surface area contributed by atoms with E-state index in [1.165, 1.54) is 5.56 Å². The summed E-state index contributed by atoms with van der Waals surface area (Å²) in [7, 11) is 1.83. The smallest absolute Gasteiger partial charge is 0.0877 e. The van der Waals surface area contributed by atoms with Crippen molar-refractivity contribution in [1.29, 1.82) is 0 Å². The predicted octanol–water partition coefficient (Wildman–Crippen LogP) is 3.17. The van der Waals surface area contributed by atoms with Crippen molar-refractivity contribution in [3.63, 3.8) is 0 Å². The SMILES string of the molecule is CCNC(Cc1ccc(Br)cc1)C1(OC)CCOCC1. The molecule has 0 aliphatic carbocycles. The minimum absolute atomic E-state index is 0.110. The molecule has 1 aliphatic rings. The lowest BCUT2D eigenvalue weighted by atomic mass is 9.82. The number of likely N-dealkylation sites (N-methyl/N-ethyl adjacent to an activating group) is 1. The van der Waals surface area contributed by atoms with Gasteiger partial charge in [0.05, 0.1) is 5.60 Å². The maximum atomic E-state index is 5.94. The van der Waals surface area contributed by atoms with E-state index < -0.39 is 0 Å². The van der Waals surface area contributed by atoms with Gasteiger partial charge in [0.25, 0.3) is 0 Å². The molecular weight excluding hydrogens is 318 g/mol. The predicted molar refractivity (Wildman–Crippen MR) is 85.1 cm³/mol. The van der Waals surface area contributed by atoms with E-state index in [1.54, 1.807) is 0 Å². The van der Waals surface area contributed by atoms with Gasteiger partial charge in [0, 0.05) is 43.7 Å². The Hall–Kier alpha value is -0.420. The topological polar surface area (TPSA) is 30.5 Å². The fraction of sp³-hybridized carbons (Fsp3) is 0.625. The van der Waals surface area contributed by atoms with Crippen molar-refractivity contribution in [2.75, 3.05) is 26.9 Å². The van der Waals surface area contributed by atoms with Gasteiger partial charge in [0.15, 0.2) is 0 Å². The van der Waals surface area contributed by atoms with Gasteiger partial charge < -0.3 is 14.8 Å². The van der Waals surface area contributed by atoms with Crippen LogP contribution < -0.4 is 5.32 Å². The van der Waals surface area contributed by atoms with Crippen LogP contribution in [0.3, 0.4) is 0 Å². The third kappa shape index (κ3) is 3.82. The summed E-state index contributed by atoms with van der Waals surface area (Å²) < 4.78 is 12.6. The van der Waals surface area contributed by atoms with Gasteiger partial charge in [-0.25, -0.2) is 0 Å². The summed E-state index contributed by atoms with van der Waals surface area (Å²) in [6.45, 7) is 4.68. The van der Waals surface area contributed by atoms with Gasteiger partial charge >= 0.3 is 0 Å². The van der Waals surface area contributed by atoms with Crippen LogP contribution in [0.25, 0.3) is 0 Å². The van der Waals surface area contributed by atoms with Crippen molar-refractivity contribution in [3.05, 3.63) is 34.3 Å². The van der Waals surface area contributed by atoms with Crippen molar-refractivity contribution >= 4 is 15.9 Å². The van der Waals surface area contributed by atoms with Gasteiger partial charge in [0.1, 0.15) is 0 Å². The zero-order valence-electron chi connectivity index (χ0n) is 12.3. The fourth-order valence-corrected chi connectivity index (χ4v) is 3.22. The van der Waals surface area contributed by atoms with E-state index in [9.17, 15) is 0 Å². The Morgan fingerprint density at radius 3 is 2.50 bits per heavy atom. The van der Waals surface area contributed by atoms with E-state index in [-0.39, 0.29) is 5.60 Å². The third-order valence-corrected chi connectivity index (χ3v) is 4.71. The Morgan fingerprint density at radius 2 is 1.95 bits per heavy atom. The van der Waals surface area contributed by atoms with Gasteiger partial charge in [-0.05, 0) is 30.7 Å². The highest BCUT2D eigenvalue weighted by atomic mass is 79.9. The highest BCUT2D eigenvalue weighted by Crippen LogP contribution is 2.30. The molecule has 1 unspecified atom stereocenters. The molecule has 0 radical (unpaired) electrons. The minimum atomic E-state index is -0.110. The summed E-state index contributed by atoms with van der Waals surface area (Å²) in [5.41, 5.74) is 1.23. The summed E-state index contributed by atoms with van der Waals surface area (Å²) in [4.78, 5) is 0. The molecular formula is C16H24BrNO2. The molecule has 0 bridgehead atoms. The maximum Gasteiger partial charge on any atom is 0.0877 e. The number of rotatable bonds is 6. The van der Waals surface area contributed by atoms with E-state index in [0.717, 1.165) is 43.5 Å². The highest BCUT2D eigenvalue weighted by Gasteiger charge is 2.40. The summed E-state index contributed by atoms with van der Waals surface area (Å²) in [6.07, 6.45) is 2.89. The lowest BCUT2D eigenvalue weighted by Gasteiger charge is -2.42. The molecule has 1 heterocycles. The quantitative estimate of drug-likeness (QED) is 0.861. The third-order valence-electron chi connectivity index (χ3n) is 4.18. The van der Waals surface area contributed by atoms with Crippen molar-refractivity contribution < 1.29 is 9.47 Å². The van der Waals surface area contributed by atoms with Crippen molar-refractivity contribution in [2.24, 2.45) is 0 Å². The van der Waals surface area contributed by atoms with Crippen LogP contribution in [0.2, 0.25) is 0 Å². The molecule has 0 spiro atoms. The fourth-order valence-electron chi connectivity index (χ4n) is 2.96. The number of hydrogen-bond acceptors (Lipinski definition) is 3. The average molecular weight is 342 g/mol. The molecule has 1 aromatic carbocycles. The first-order valence-corrected chi connectivity index (χ1v) is 8.10. The highest BCUT2D eigenvalue weighted by molar-refractivity contribution is 9.10. The average Bonchev–Trinajstić information content (AvgIpc) is 2.49. The molecule has 2 rings (SSSR count). The Kier molecular flexibility index (Phi) is 6.02. The molecule has 4 heteroatoms. The molecule has 1 aromatic rings. The number of nitrogens with one attached hydrogen (secondary N) is 1. The molecule has 0 aromatic heterocycles. The molecule has 1 atom stereocenters. The molecule has 1 aliphatic heterocycles. The molecule has 1 N–H and O–H groups in total. The van der Waals surface area contributed by atoms with Crippen LogP contribution in [0.5, 0.6) is 0 Å². The van der Waals surface area contributed by atoms with Gasteiger partial charge in [0.2, 0.25) is 0 Å². The molecule has 20 heavy (non-hydrogen) atoms. The lowest BCUT2D eigenvalue weighted by Crippen LogP contribution is -2.56. The zero-order chi connectivity index (χ0) is 14.4. The largest absolute Gasteiger partial charge is 0.381 e. The molecule has 112 valence electrons. The first kappa shape index (κ1) is 16.0. The molecule has 1 fully saturated rings. The molecule has 0 saturated carbocycles. The van der Waals surface area contributed by atoms with Gasteiger partial charge in [-0.3, -0.25) is 0 Å². The molecule has 0 amide bonds. The number of ether oxygens (including phenoxy) is 2. The number of methoxy groups -OCH3 is 1. The second kappa shape index (κ2) is 7.55. The van der Waals surface area contributed by atoms with Crippen LogP contribution in [-0.4, -0.2) is 38.5 Å². The maximum absolute atomic E-state index is 5.94. The van der Waals surface area contributed by atoms with Gasteiger partial charge in [-0.1, -0.05) is 35.0 Å². The lowest BCUT2D eigenvalue weighted by molar-refractivity contribution is -0.110. The number of benzene rings is 1. The van der Waals surface area contributed by atoms with Crippen LogP contribution in [0, 0.1) is 0 Å². The van der Waals surface area contributed by atoms with Crippen LogP contribution in [0.15, 0.2) is 28.7 Å². The van der Waals surface area contributed by atoms with E-state index >= 15 is 0 Å². The van der Waals surface area contributed by atoms with E-state index in [4.69, 9.17) is 9.47 Å². The summed E-state index contributed by atoms with van der Waals surface area (Å²) in [6, 6.07) is 8.88. The Labute approximate surface area is 130 Å². The summed E-state index contributed by atoms with van der Waals surface area (Å²) >= 11 is 3.49. The molecule has 1 saturated heterocycles. The van der Waals surface area contributed by atoms with Gasteiger partial charge in [-0.15, -0.1) is 0 Å². The van der Waals surface area contributed by atoms with E-state index in [2.05, 4.69) is 52.4 Å². The first-order valence-electron chi connectivity index (χ1n) is 7.31. The Bertz CT molecular complexity index is 401. The van der Waals surface area contributed by atoms with Crippen molar-refractivity contribution in [1.82, 2.24) is 5.32 Å². The van der Waals surface area contributed by atoms with E-state index in [1.807, 2.05) is 7.11 Å². The number of hydrogen-bond donors (Lipinski definition) is 1. The normalized spacial score (nSPS) is 19.8. The van der Waals surface area contributed by atoms with Crippen LogP contribution >= 0.6 is 15.9 Å². The first-order chi connectivity index (χ1) is 9.70. The summed E-state index contributed by atoms with van der Waals surface area (Å²) in [5.74, 6) is 0. The second-order valence-electron chi connectivity index (χ2n) is 5.32. The van der Waals surface area contributed by atoms with Crippen molar-refractivity contribution in [2.45, 2.75) is 37.8 Å². The van der Waals surface area contributed by atoms with Crippen LogP contribution in [0.4, 0.5) is 0 Å². The number of halogens is 1. The molecule has 3 nitrogen and oxygen atoms in total. The standard InChI is InChI=1S/C16H24BrNO2/c1-3-18-15(12-13-4-6-14(17)7-5-13)16(19-2)8-10-20-11-9-16/h4-7,15,18H,3,8-12H2,1-2H3. The Morgan fingerprint density at radius 1 is 1.30 bits per heavy atom. The minimum Gasteiger partial charge on any atom is -0.381 e.